The monoisotopic (exact) mass is 663 g/mol. The number of rotatable bonds is 11. The molecule has 2 atom stereocenters. The number of hydrazone groups is 1. The number of halogens is 3. The molecular weight excluding hydrogens is 623 g/mol. The Morgan fingerprint density at radius 2 is 1.67 bits per heavy atom. The van der Waals surface area contributed by atoms with Crippen LogP contribution < -0.4 is 5.32 Å². The smallest absolute Gasteiger partial charge is 0.389 e. The molecule has 1 N–H and O–H groups in total. The van der Waals surface area contributed by atoms with Crippen molar-refractivity contribution in [1.82, 2.24) is 5.01 Å². The van der Waals surface area contributed by atoms with Crippen LogP contribution in [0.3, 0.4) is 0 Å². The second-order valence-electron chi connectivity index (χ2n) is 13.7. The van der Waals surface area contributed by atoms with Crippen LogP contribution in [0.5, 0.6) is 0 Å². The van der Waals surface area contributed by atoms with E-state index in [1.807, 2.05) is 57.2 Å². The molecule has 0 radical (unpaired) electrons. The third-order valence-electron chi connectivity index (χ3n) is 8.35. The molecule has 1 aliphatic carbocycles. The van der Waals surface area contributed by atoms with E-state index in [1.165, 1.54) is 11.9 Å². The van der Waals surface area contributed by atoms with Gasteiger partial charge in [0, 0.05) is 17.7 Å². The van der Waals surface area contributed by atoms with E-state index in [2.05, 4.69) is 10.4 Å². The van der Waals surface area contributed by atoms with Crippen LogP contribution >= 0.6 is 0 Å². The molecule has 2 amide bonds. The molecular formula is C37H40F3N3O5. The van der Waals surface area contributed by atoms with Gasteiger partial charge in [0.2, 0.25) is 11.8 Å². The van der Waals surface area contributed by atoms with Crippen molar-refractivity contribution < 1.29 is 37.0 Å². The zero-order valence-corrected chi connectivity index (χ0v) is 27.5. The Hall–Kier alpha value is -4.67. The molecule has 0 saturated heterocycles. The molecule has 254 valence electrons. The predicted molar refractivity (Wildman–Crippen MR) is 175 cm³/mol. The Balaban J connectivity index is 1.32. The summed E-state index contributed by atoms with van der Waals surface area (Å²) in [4.78, 5) is 39.1. The number of benzene rings is 3. The SMILES string of the molecule is CC(CC(F)(F)F)C(C(=O)Nc1cccc(CC2(C(=O)OC(C)(C)C)CC2)c1)c1ccc(CN2N=C(c3ccccc3)OCC2=O)cc1. The van der Waals surface area contributed by atoms with Crippen LogP contribution in [0.1, 0.15) is 75.1 Å². The van der Waals surface area contributed by atoms with Crippen LogP contribution in [0.15, 0.2) is 84.0 Å². The van der Waals surface area contributed by atoms with Crippen LogP contribution in [-0.4, -0.2) is 47.1 Å². The van der Waals surface area contributed by atoms with E-state index in [0.717, 1.165) is 11.1 Å². The van der Waals surface area contributed by atoms with Gasteiger partial charge in [0.05, 0.1) is 17.9 Å². The zero-order valence-electron chi connectivity index (χ0n) is 27.5. The lowest BCUT2D eigenvalue weighted by Gasteiger charge is -2.26. The standard InChI is InChI=1S/C37H40F3N3O5/c1-24(20-37(38,39)40)31(32(45)41-29-12-8-9-26(19-29)21-36(17-18-36)34(46)48-35(2,3)4)27-15-13-25(14-16-27)22-43-30(44)23-47-33(42-43)28-10-6-5-7-11-28/h5-16,19,24,31H,17-18,20-23H2,1-4H3,(H,41,45). The molecule has 0 bridgehead atoms. The van der Waals surface area contributed by atoms with E-state index in [1.54, 1.807) is 42.5 Å². The molecule has 1 saturated carbocycles. The minimum Gasteiger partial charge on any atom is -0.466 e. The third-order valence-corrected chi connectivity index (χ3v) is 8.35. The highest BCUT2D eigenvalue weighted by atomic mass is 19.4. The maximum Gasteiger partial charge on any atom is 0.389 e. The first-order valence-electron chi connectivity index (χ1n) is 16.0. The summed E-state index contributed by atoms with van der Waals surface area (Å²) in [5.41, 5.74) is 1.84. The number of nitrogens with zero attached hydrogens (tertiary/aromatic N) is 2. The number of ether oxygens (including phenoxy) is 2. The first kappa shape index (κ1) is 34.7. The topological polar surface area (TPSA) is 97.3 Å². The van der Waals surface area contributed by atoms with Crippen LogP contribution in [0.4, 0.5) is 18.9 Å². The second-order valence-corrected chi connectivity index (χ2v) is 13.7. The Morgan fingerprint density at radius 1 is 0.979 bits per heavy atom. The van der Waals surface area contributed by atoms with E-state index in [9.17, 15) is 27.6 Å². The fourth-order valence-corrected chi connectivity index (χ4v) is 5.83. The van der Waals surface area contributed by atoms with Gasteiger partial charge in [-0.25, -0.2) is 5.01 Å². The summed E-state index contributed by atoms with van der Waals surface area (Å²) in [6, 6.07) is 22.8. The Labute approximate surface area is 278 Å². The van der Waals surface area contributed by atoms with Gasteiger partial charge in [-0.05, 0) is 86.9 Å². The first-order valence-corrected chi connectivity index (χ1v) is 16.0. The normalized spacial score (nSPS) is 17.1. The average molecular weight is 664 g/mol. The largest absolute Gasteiger partial charge is 0.466 e. The summed E-state index contributed by atoms with van der Waals surface area (Å²) in [6.45, 7) is 6.82. The summed E-state index contributed by atoms with van der Waals surface area (Å²) in [5.74, 6) is -3.05. The number of amides is 2. The number of nitrogens with one attached hydrogen (secondary N) is 1. The van der Waals surface area contributed by atoms with Crippen molar-refractivity contribution in [1.29, 1.82) is 0 Å². The first-order chi connectivity index (χ1) is 22.6. The molecule has 0 spiro atoms. The molecule has 1 fully saturated rings. The molecule has 1 aliphatic heterocycles. The van der Waals surface area contributed by atoms with Gasteiger partial charge in [-0.2, -0.15) is 13.2 Å². The van der Waals surface area contributed by atoms with Crippen molar-refractivity contribution in [2.45, 2.75) is 77.6 Å². The maximum absolute atomic E-state index is 13.7. The van der Waals surface area contributed by atoms with Gasteiger partial charge < -0.3 is 14.8 Å². The quantitative estimate of drug-likeness (QED) is 0.216. The van der Waals surface area contributed by atoms with E-state index in [-0.39, 0.29) is 25.0 Å². The molecule has 0 aromatic heterocycles. The van der Waals surface area contributed by atoms with Gasteiger partial charge in [0.25, 0.3) is 5.91 Å². The lowest BCUT2D eigenvalue weighted by molar-refractivity contribution is -0.161. The van der Waals surface area contributed by atoms with E-state index < -0.39 is 41.4 Å². The highest BCUT2D eigenvalue weighted by Gasteiger charge is 2.52. The fraction of sp³-hybridized carbons (Fsp3) is 0.405. The maximum atomic E-state index is 13.7. The molecule has 3 aromatic rings. The van der Waals surface area contributed by atoms with Crippen LogP contribution in [0.2, 0.25) is 0 Å². The fourth-order valence-electron chi connectivity index (χ4n) is 5.83. The molecule has 2 aliphatic rings. The Kier molecular flexibility index (Phi) is 9.98. The van der Waals surface area contributed by atoms with Crippen molar-refractivity contribution in [3.8, 4) is 0 Å². The van der Waals surface area contributed by atoms with Gasteiger partial charge >= 0.3 is 12.1 Å². The van der Waals surface area contributed by atoms with Gasteiger partial charge in [0.1, 0.15) is 5.60 Å². The summed E-state index contributed by atoms with van der Waals surface area (Å²) >= 11 is 0. The van der Waals surface area contributed by atoms with Crippen LogP contribution in [0, 0.1) is 11.3 Å². The van der Waals surface area contributed by atoms with Gasteiger partial charge in [-0.1, -0.05) is 61.5 Å². The highest BCUT2D eigenvalue weighted by molar-refractivity contribution is 5.98. The Morgan fingerprint density at radius 3 is 2.29 bits per heavy atom. The summed E-state index contributed by atoms with van der Waals surface area (Å²) in [5, 5.41) is 8.46. The molecule has 8 nitrogen and oxygen atoms in total. The molecule has 48 heavy (non-hydrogen) atoms. The number of hydrogen-bond donors (Lipinski definition) is 1. The van der Waals surface area contributed by atoms with E-state index in [0.29, 0.717) is 42.0 Å². The van der Waals surface area contributed by atoms with Gasteiger partial charge in [-0.15, -0.1) is 5.10 Å². The van der Waals surface area contributed by atoms with Gasteiger partial charge in [0.15, 0.2) is 6.61 Å². The minimum absolute atomic E-state index is 0.116. The molecule has 5 rings (SSSR count). The van der Waals surface area contributed by atoms with Crippen LogP contribution in [0.25, 0.3) is 0 Å². The van der Waals surface area contributed by atoms with E-state index in [4.69, 9.17) is 9.47 Å². The van der Waals surface area contributed by atoms with Crippen LogP contribution in [-0.2, 0) is 36.8 Å². The summed E-state index contributed by atoms with van der Waals surface area (Å²) in [6.07, 6.45) is -3.78. The molecule has 2 unspecified atom stereocenters. The lowest BCUT2D eigenvalue weighted by atomic mass is 9.83. The van der Waals surface area contributed by atoms with Crippen molar-refractivity contribution in [2.75, 3.05) is 11.9 Å². The zero-order chi connectivity index (χ0) is 34.7. The third kappa shape index (κ3) is 9.02. The highest BCUT2D eigenvalue weighted by Crippen LogP contribution is 2.50. The number of carbonyl (C=O) groups is 3. The number of hydrogen-bond acceptors (Lipinski definition) is 6. The van der Waals surface area contributed by atoms with Gasteiger partial charge in [-0.3, -0.25) is 14.4 Å². The molecule has 11 heteroatoms. The second kappa shape index (κ2) is 13.8. The lowest BCUT2D eigenvalue weighted by Crippen LogP contribution is -2.36. The predicted octanol–water partition coefficient (Wildman–Crippen LogP) is 7.38. The van der Waals surface area contributed by atoms with Crippen molar-refractivity contribution in [3.63, 3.8) is 0 Å². The molecule has 3 aromatic carbocycles. The summed E-state index contributed by atoms with van der Waals surface area (Å²) in [7, 11) is 0. The van der Waals surface area contributed by atoms with Crippen molar-refractivity contribution >= 4 is 29.4 Å². The Bertz CT molecular complexity index is 1660. The average Bonchev–Trinajstić information content (AvgIpc) is 3.79. The minimum atomic E-state index is -4.47. The van der Waals surface area contributed by atoms with E-state index >= 15 is 0 Å². The number of anilines is 1. The number of esters is 1. The van der Waals surface area contributed by atoms with Crippen molar-refractivity contribution in [2.24, 2.45) is 16.4 Å². The number of alkyl halides is 3. The molecule has 1 heterocycles. The summed E-state index contributed by atoms with van der Waals surface area (Å²) < 4.78 is 51.8. The van der Waals surface area contributed by atoms with Crippen molar-refractivity contribution in [3.05, 3.63) is 101 Å². The number of carbonyl (C=O) groups excluding carboxylic acids is 3.